The maximum absolute atomic E-state index is 13.0. The second-order valence-corrected chi connectivity index (χ2v) is 7.53. The number of rotatable bonds is 4. The molecule has 0 aromatic heterocycles. The van der Waals surface area contributed by atoms with E-state index in [1.807, 2.05) is 18.9 Å². The molecule has 156 valence electrons. The molecule has 3 atom stereocenters. The Labute approximate surface area is 159 Å². The lowest BCUT2D eigenvalue weighted by Gasteiger charge is -2.44. The summed E-state index contributed by atoms with van der Waals surface area (Å²) in [7, 11) is 1.82. The van der Waals surface area contributed by atoms with Crippen LogP contribution in [0.15, 0.2) is 18.2 Å². The summed E-state index contributed by atoms with van der Waals surface area (Å²) < 4.78 is 83.8. The first-order valence-corrected chi connectivity index (χ1v) is 8.78. The zero-order valence-electron chi connectivity index (χ0n) is 15.8. The van der Waals surface area contributed by atoms with Gasteiger partial charge >= 0.3 is 12.4 Å². The van der Waals surface area contributed by atoms with Crippen LogP contribution in [0.1, 0.15) is 49.5 Å². The standard InChI is InChI=1S/C19H22F6N2O/c1-12(28-11-17(2)5-4-13(9-26)10-27(17)3)14-6-15(18(20,21)22)8-16(7-14)19(23,24)25/h6-8,12-13H,4-5,10-11H2,1-3H3. The second kappa shape index (κ2) is 7.91. The summed E-state index contributed by atoms with van der Waals surface area (Å²) in [5.41, 5.74) is -3.34. The van der Waals surface area contributed by atoms with Crippen molar-refractivity contribution < 1.29 is 31.1 Å². The lowest BCUT2D eigenvalue weighted by molar-refractivity contribution is -0.143. The van der Waals surface area contributed by atoms with E-state index in [1.54, 1.807) is 0 Å². The van der Waals surface area contributed by atoms with Crippen LogP contribution in [0.25, 0.3) is 0 Å². The molecule has 1 saturated heterocycles. The number of piperidine rings is 1. The van der Waals surface area contributed by atoms with Gasteiger partial charge in [-0.3, -0.25) is 4.90 Å². The molecule has 0 spiro atoms. The Hall–Kier alpha value is -1.79. The minimum atomic E-state index is -4.89. The van der Waals surface area contributed by atoms with Crippen LogP contribution in [0.4, 0.5) is 26.3 Å². The number of hydrogen-bond donors (Lipinski definition) is 0. The molecule has 1 aromatic carbocycles. The summed E-state index contributed by atoms with van der Waals surface area (Å²) in [6.45, 7) is 3.99. The third-order valence-corrected chi connectivity index (χ3v) is 5.35. The van der Waals surface area contributed by atoms with Crippen molar-refractivity contribution in [1.82, 2.24) is 4.90 Å². The van der Waals surface area contributed by atoms with Crippen LogP contribution in [-0.4, -0.2) is 30.6 Å². The smallest absolute Gasteiger partial charge is 0.372 e. The normalized spacial score (nSPS) is 25.4. The van der Waals surface area contributed by atoms with Gasteiger partial charge in [0.05, 0.1) is 35.8 Å². The minimum Gasteiger partial charge on any atom is -0.372 e. The maximum Gasteiger partial charge on any atom is 0.416 e. The van der Waals surface area contributed by atoms with E-state index in [0.29, 0.717) is 31.5 Å². The van der Waals surface area contributed by atoms with E-state index >= 15 is 0 Å². The number of nitriles is 1. The van der Waals surface area contributed by atoms with Crippen molar-refractivity contribution in [1.29, 1.82) is 5.26 Å². The molecule has 1 aliphatic heterocycles. The van der Waals surface area contributed by atoms with Gasteiger partial charge < -0.3 is 4.74 Å². The number of benzene rings is 1. The summed E-state index contributed by atoms with van der Waals surface area (Å²) in [6, 6.07) is 3.70. The topological polar surface area (TPSA) is 36.3 Å². The van der Waals surface area contributed by atoms with Gasteiger partial charge in [-0.25, -0.2) is 0 Å². The van der Waals surface area contributed by atoms with Crippen molar-refractivity contribution in [3.63, 3.8) is 0 Å². The Morgan fingerprint density at radius 1 is 1.18 bits per heavy atom. The number of ether oxygens (including phenoxy) is 1. The summed E-state index contributed by atoms with van der Waals surface area (Å²) in [5, 5.41) is 9.04. The number of alkyl halides is 6. The fraction of sp³-hybridized carbons (Fsp3) is 0.632. The first-order chi connectivity index (χ1) is 12.8. The predicted octanol–water partition coefficient (Wildman–Crippen LogP) is 5.43. The number of nitrogens with zero attached hydrogens (tertiary/aromatic N) is 2. The van der Waals surface area contributed by atoms with Gasteiger partial charge in [0.15, 0.2) is 0 Å². The van der Waals surface area contributed by atoms with Crippen LogP contribution in [0.3, 0.4) is 0 Å². The number of likely N-dealkylation sites (tertiary alicyclic amines) is 1. The van der Waals surface area contributed by atoms with Crippen LogP contribution >= 0.6 is 0 Å². The highest BCUT2D eigenvalue weighted by molar-refractivity contribution is 5.34. The van der Waals surface area contributed by atoms with Crippen molar-refractivity contribution in [2.75, 3.05) is 20.2 Å². The maximum atomic E-state index is 13.0. The highest BCUT2D eigenvalue weighted by Gasteiger charge is 2.39. The third-order valence-electron chi connectivity index (χ3n) is 5.35. The average Bonchev–Trinajstić information content (AvgIpc) is 2.60. The first-order valence-electron chi connectivity index (χ1n) is 8.78. The SMILES string of the molecule is CC(OCC1(C)CCC(C#N)CN1C)c1cc(C(F)(F)F)cc(C(F)(F)F)c1. The lowest BCUT2D eigenvalue weighted by Crippen LogP contribution is -2.52. The largest absolute Gasteiger partial charge is 0.416 e. The number of hydrogen-bond acceptors (Lipinski definition) is 3. The van der Waals surface area contributed by atoms with Gasteiger partial charge in [-0.15, -0.1) is 0 Å². The molecule has 1 fully saturated rings. The Morgan fingerprint density at radius 2 is 1.71 bits per heavy atom. The molecule has 0 aliphatic carbocycles. The van der Waals surface area contributed by atoms with E-state index in [9.17, 15) is 26.3 Å². The Kier molecular flexibility index (Phi) is 6.36. The summed E-state index contributed by atoms with van der Waals surface area (Å²) in [5.74, 6) is -0.103. The summed E-state index contributed by atoms with van der Waals surface area (Å²) >= 11 is 0. The Balaban J connectivity index is 2.20. The van der Waals surface area contributed by atoms with Gasteiger partial charge in [-0.2, -0.15) is 31.6 Å². The van der Waals surface area contributed by atoms with Crippen molar-refractivity contribution >= 4 is 0 Å². The van der Waals surface area contributed by atoms with Crippen LogP contribution in [0, 0.1) is 17.2 Å². The molecule has 3 unspecified atom stereocenters. The van der Waals surface area contributed by atoms with Crippen molar-refractivity contribution in [2.24, 2.45) is 5.92 Å². The van der Waals surface area contributed by atoms with Gasteiger partial charge in [0.2, 0.25) is 0 Å². The molecule has 0 radical (unpaired) electrons. The van der Waals surface area contributed by atoms with Gasteiger partial charge in [-0.05, 0) is 57.5 Å². The summed E-state index contributed by atoms with van der Waals surface area (Å²) in [4.78, 5) is 1.95. The number of halogens is 6. The zero-order valence-corrected chi connectivity index (χ0v) is 15.8. The van der Waals surface area contributed by atoms with Crippen molar-refractivity contribution in [3.8, 4) is 6.07 Å². The molecule has 3 nitrogen and oxygen atoms in total. The van der Waals surface area contributed by atoms with Gasteiger partial charge in [-0.1, -0.05) is 0 Å². The van der Waals surface area contributed by atoms with Crippen LogP contribution in [-0.2, 0) is 17.1 Å². The molecular weight excluding hydrogens is 386 g/mol. The van der Waals surface area contributed by atoms with E-state index in [0.717, 1.165) is 0 Å². The molecular formula is C19H22F6N2O. The van der Waals surface area contributed by atoms with Crippen LogP contribution in [0.2, 0.25) is 0 Å². The molecule has 28 heavy (non-hydrogen) atoms. The van der Waals surface area contributed by atoms with E-state index in [4.69, 9.17) is 10.00 Å². The molecule has 0 bridgehead atoms. The van der Waals surface area contributed by atoms with E-state index in [1.165, 1.54) is 6.92 Å². The van der Waals surface area contributed by atoms with Crippen LogP contribution < -0.4 is 0 Å². The highest BCUT2D eigenvalue weighted by Crippen LogP contribution is 2.38. The molecule has 9 heteroatoms. The highest BCUT2D eigenvalue weighted by atomic mass is 19.4. The van der Waals surface area contributed by atoms with Gasteiger partial charge in [0, 0.05) is 12.1 Å². The van der Waals surface area contributed by atoms with E-state index in [2.05, 4.69) is 6.07 Å². The monoisotopic (exact) mass is 408 g/mol. The second-order valence-electron chi connectivity index (χ2n) is 7.53. The number of likely N-dealkylation sites (N-methyl/N-ethyl adjacent to an activating group) is 1. The molecule has 1 aromatic rings. The Bertz CT molecular complexity index is 707. The third kappa shape index (κ3) is 5.17. The molecule has 1 aliphatic rings. The summed E-state index contributed by atoms with van der Waals surface area (Å²) in [6.07, 6.45) is -9.43. The van der Waals surface area contributed by atoms with Gasteiger partial charge in [0.1, 0.15) is 0 Å². The fourth-order valence-electron chi connectivity index (χ4n) is 3.22. The Morgan fingerprint density at radius 3 is 2.14 bits per heavy atom. The fourth-order valence-corrected chi connectivity index (χ4v) is 3.22. The van der Waals surface area contributed by atoms with Crippen molar-refractivity contribution in [2.45, 2.75) is 50.7 Å². The van der Waals surface area contributed by atoms with E-state index in [-0.39, 0.29) is 24.2 Å². The quantitative estimate of drug-likeness (QED) is 0.624. The average molecular weight is 408 g/mol. The molecule has 0 N–H and O–H groups in total. The molecule has 0 amide bonds. The minimum absolute atomic E-state index is 0.103. The van der Waals surface area contributed by atoms with Crippen LogP contribution in [0.5, 0.6) is 0 Å². The molecule has 1 heterocycles. The van der Waals surface area contributed by atoms with Gasteiger partial charge in [0.25, 0.3) is 0 Å². The van der Waals surface area contributed by atoms with Crippen molar-refractivity contribution in [3.05, 3.63) is 34.9 Å². The lowest BCUT2D eigenvalue weighted by atomic mass is 9.85. The molecule has 0 saturated carbocycles. The predicted molar refractivity (Wildman–Crippen MR) is 90.2 cm³/mol. The zero-order chi connectivity index (χ0) is 21.3. The molecule has 2 rings (SSSR count). The van der Waals surface area contributed by atoms with E-state index < -0.39 is 35.1 Å². The first kappa shape index (κ1) is 22.5.